The van der Waals surface area contributed by atoms with Crippen molar-refractivity contribution in [2.45, 2.75) is 51.0 Å². The topological polar surface area (TPSA) is 50.4 Å². The molecule has 4 fully saturated rings. The number of guanidine groups is 1. The lowest BCUT2D eigenvalue weighted by atomic mass is 9.54. The van der Waals surface area contributed by atoms with Crippen LogP contribution in [0.1, 0.15) is 43.2 Å². The van der Waals surface area contributed by atoms with Crippen molar-refractivity contribution in [2.75, 3.05) is 5.32 Å². The quantitative estimate of drug-likeness (QED) is 0.622. The molecule has 0 unspecified atom stereocenters. The standard InChI is InChI=1S/C23H27N3/c24-23(26-22-17-9-13-8-14(11-17)12-18(22)10-13)25-20-7-6-16-5-4-15-2-1-3-19(20)21(15)16/h1-3,6-7,13-14,17-18,22H,4-5,8-12H2,(H3,24,25,26). The highest BCUT2D eigenvalue weighted by molar-refractivity contribution is 6.05. The van der Waals surface area contributed by atoms with Gasteiger partial charge in [-0.05, 0) is 91.2 Å². The molecular weight excluding hydrogens is 318 g/mol. The van der Waals surface area contributed by atoms with Crippen molar-refractivity contribution >= 4 is 22.4 Å². The summed E-state index contributed by atoms with van der Waals surface area (Å²) in [7, 11) is 0. The molecule has 7 rings (SSSR count). The molecule has 5 aliphatic carbocycles. The van der Waals surface area contributed by atoms with E-state index in [1.54, 1.807) is 0 Å². The minimum absolute atomic E-state index is 0.451. The van der Waals surface area contributed by atoms with E-state index < -0.39 is 0 Å². The maximum Gasteiger partial charge on any atom is 0.193 e. The Balaban J connectivity index is 1.30. The van der Waals surface area contributed by atoms with Crippen LogP contribution in [0.3, 0.4) is 0 Å². The van der Waals surface area contributed by atoms with Gasteiger partial charge in [0.15, 0.2) is 5.96 Å². The second-order valence-electron chi connectivity index (χ2n) is 9.17. The van der Waals surface area contributed by atoms with Gasteiger partial charge >= 0.3 is 0 Å². The molecule has 0 saturated heterocycles. The van der Waals surface area contributed by atoms with Crippen LogP contribution in [0, 0.1) is 23.7 Å². The predicted molar refractivity (Wildman–Crippen MR) is 107 cm³/mol. The maximum absolute atomic E-state index is 6.41. The number of nitrogens with one attached hydrogen (secondary N) is 1. The Bertz CT molecular complexity index is 875. The third-order valence-electron chi connectivity index (χ3n) is 7.60. The van der Waals surface area contributed by atoms with Crippen LogP contribution in [-0.2, 0) is 12.8 Å². The summed E-state index contributed by atoms with van der Waals surface area (Å²) in [5, 5.41) is 6.18. The van der Waals surface area contributed by atoms with E-state index in [4.69, 9.17) is 10.7 Å². The summed E-state index contributed by atoms with van der Waals surface area (Å²) in [5.41, 5.74) is 10.5. The van der Waals surface area contributed by atoms with Gasteiger partial charge in [0.2, 0.25) is 0 Å². The smallest absolute Gasteiger partial charge is 0.193 e. The molecule has 3 heteroatoms. The third-order valence-corrected chi connectivity index (χ3v) is 7.60. The molecule has 4 bridgehead atoms. The number of anilines is 1. The van der Waals surface area contributed by atoms with Gasteiger partial charge in [0, 0.05) is 11.1 Å². The molecule has 134 valence electrons. The van der Waals surface area contributed by atoms with E-state index in [1.165, 1.54) is 54.0 Å². The molecule has 3 nitrogen and oxygen atoms in total. The lowest BCUT2D eigenvalue weighted by Gasteiger charge is -2.53. The normalized spacial score (nSPS) is 34.6. The second kappa shape index (κ2) is 5.48. The van der Waals surface area contributed by atoms with Crippen LogP contribution < -0.4 is 11.1 Å². The third kappa shape index (κ3) is 2.22. The van der Waals surface area contributed by atoms with E-state index in [0.29, 0.717) is 12.0 Å². The number of aryl methyl sites for hydroxylation is 2. The summed E-state index contributed by atoms with van der Waals surface area (Å²) in [5.74, 6) is 4.13. The Morgan fingerprint density at radius 2 is 1.58 bits per heavy atom. The maximum atomic E-state index is 6.41. The monoisotopic (exact) mass is 345 g/mol. The Morgan fingerprint density at radius 3 is 2.31 bits per heavy atom. The van der Waals surface area contributed by atoms with E-state index in [1.807, 2.05) is 0 Å². The Kier molecular flexibility index (Phi) is 3.18. The van der Waals surface area contributed by atoms with E-state index in [-0.39, 0.29) is 0 Å². The first-order valence-corrected chi connectivity index (χ1v) is 10.4. The van der Waals surface area contributed by atoms with Crippen molar-refractivity contribution in [1.29, 1.82) is 0 Å². The van der Waals surface area contributed by atoms with Gasteiger partial charge in [-0.2, -0.15) is 0 Å². The molecule has 0 aromatic heterocycles. The molecule has 0 amide bonds. The Labute approximate surface area is 155 Å². The van der Waals surface area contributed by atoms with Crippen molar-refractivity contribution in [3.8, 4) is 0 Å². The SMILES string of the molecule is NC(=NC1C2CC3CC(C2)CC1C3)Nc1ccc2c3c(cccc13)CC2. The zero-order valence-electron chi connectivity index (χ0n) is 15.2. The number of nitrogens with zero attached hydrogens (tertiary/aromatic N) is 1. The minimum atomic E-state index is 0.451. The van der Waals surface area contributed by atoms with Crippen molar-refractivity contribution in [2.24, 2.45) is 34.4 Å². The van der Waals surface area contributed by atoms with Gasteiger partial charge in [-0.25, -0.2) is 4.99 Å². The largest absolute Gasteiger partial charge is 0.370 e. The summed E-state index contributed by atoms with van der Waals surface area (Å²) < 4.78 is 0. The zero-order valence-corrected chi connectivity index (χ0v) is 15.2. The first kappa shape index (κ1) is 15.1. The summed E-state index contributed by atoms with van der Waals surface area (Å²) in [4.78, 5) is 5.02. The molecule has 4 saturated carbocycles. The highest BCUT2D eigenvalue weighted by atomic mass is 15.1. The van der Waals surface area contributed by atoms with Crippen LogP contribution in [0.15, 0.2) is 35.3 Å². The first-order chi connectivity index (χ1) is 12.7. The molecule has 3 N–H and O–H groups in total. The van der Waals surface area contributed by atoms with Crippen LogP contribution in [0.5, 0.6) is 0 Å². The minimum Gasteiger partial charge on any atom is -0.370 e. The van der Waals surface area contributed by atoms with E-state index in [0.717, 1.165) is 42.2 Å². The molecule has 26 heavy (non-hydrogen) atoms. The van der Waals surface area contributed by atoms with Crippen molar-refractivity contribution in [3.63, 3.8) is 0 Å². The Morgan fingerprint density at radius 1 is 0.885 bits per heavy atom. The molecule has 0 heterocycles. The number of hydrogen-bond donors (Lipinski definition) is 2. The van der Waals surface area contributed by atoms with Crippen LogP contribution >= 0.6 is 0 Å². The van der Waals surface area contributed by atoms with Crippen molar-refractivity contribution < 1.29 is 0 Å². The van der Waals surface area contributed by atoms with Gasteiger partial charge in [0.25, 0.3) is 0 Å². The molecule has 0 atom stereocenters. The van der Waals surface area contributed by atoms with E-state index in [9.17, 15) is 0 Å². The number of benzene rings is 2. The predicted octanol–water partition coefficient (Wildman–Crippen LogP) is 4.49. The highest BCUT2D eigenvalue weighted by Crippen LogP contribution is 2.54. The van der Waals surface area contributed by atoms with Gasteiger partial charge in [0.1, 0.15) is 0 Å². The van der Waals surface area contributed by atoms with Gasteiger partial charge in [-0.3, -0.25) is 0 Å². The van der Waals surface area contributed by atoms with E-state index in [2.05, 4.69) is 35.6 Å². The summed E-state index contributed by atoms with van der Waals surface area (Å²) in [6, 6.07) is 11.5. The van der Waals surface area contributed by atoms with Crippen LogP contribution in [-0.4, -0.2) is 12.0 Å². The van der Waals surface area contributed by atoms with Gasteiger partial charge < -0.3 is 11.1 Å². The average Bonchev–Trinajstić information content (AvgIpc) is 3.05. The molecule has 0 aliphatic heterocycles. The Hall–Kier alpha value is -2.03. The zero-order chi connectivity index (χ0) is 17.3. The molecule has 2 aromatic rings. The van der Waals surface area contributed by atoms with Gasteiger partial charge in [-0.1, -0.05) is 24.3 Å². The number of hydrogen-bond acceptors (Lipinski definition) is 1. The van der Waals surface area contributed by atoms with Crippen molar-refractivity contribution in [3.05, 3.63) is 41.5 Å². The summed E-state index contributed by atoms with van der Waals surface area (Å²) >= 11 is 0. The lowest BCUT2D eigenvalue weighted by molar-refractivity contribution is 0.00124. The number of aliphatic imine (C=N–C) groups is 1. The number of nitrogens with two attached hydrogens (primary N) is 1. The summed E-state index contributed by atoms with van der Waals surface area (Å²) in [6.07, 6.45) is 9.34. The van der Waals surface area contributed by atoms with Gasteiger partial charge in [0.05, 0.1) is 6.04 Å². The van der Waals surface area contributed by atoms with Crippen LogP contribution in [0.4, 0.5) is 5.69 Å². The van der Waals surface area contributed by atoms with Crippen LogP contribution in [0.2, 0.25) is 0 Å². The fourth-order valence-corrected chi connectivity index (χ4v) is 6.79. The average molecular weight is 345 g/mol. The molecular formula is C23H27N3. The molecule has 5 aliphatic rings. The number of rotatable bonds is 2. The first-order valence-electron chi connectivity index (χ1n) is 10.4. The summed E-state index contributed by atoms with van der Waals surface area (Å²) in [6.45, 7) is 0. The van der Waals surface area contributed by atoms with Gasteiger partial charge in [-0.15, -0.1) is 0 Å². The lowest BCUT2D eigenvalue weighted by Crippen LogP contribution is -2.48. The second-order valence-corrected chi connectivity index (χ2v) is 9.17. The highest BCUT2D eigenvalue weighted by Gasteiger charge is 2.48. The molecule has 2 aromatic carbocycles. The fourth-order valence-electron chi connectivity index (χ4n) is 6.79. The van der Waals surface area contributed by atoms with E-state index >= 15 is 0 Å². The van der Waals surface area contributed by atoms with Crippen LogP contribution in [0.25, 0.3) is 10.8 Å². The van der Waals surface area contributed by atoms with Crippen molar-refractivity contribution in [1.82, 2.24) is 0 Å². The molecule has 0 radical (unpaired) electrons. The molecule has 0 spiro atoms. The fraction of sp³-hybridized carbons (Fsp3) is 0.522.